The molecule has 7 heteroatoms. The third-order valence-corrected chi connectivity index (χ3v) is 5.06. The molecule has 5 nitrogen and oxygen atoms in total. The maximum atomic E-state index is 12.2. The molecule has 0 atom stereocenters. The van der Waals surface area contributed by atoms with Crippen LogP contribution in [-0.4, -0.2) is 13.4 Å². The lowest BCUT2D eigenvalue weighted by Crippen LogP contribution is -2.13. The zero-order valence-corrected chi connectivity index (χ0v) is 13.0. The lowest BCUT2D eigenvalue weighted by atomic mass is 10.2. The van der Waals surface area contributed by atoms with E-state index in [0.29, 0.717) is 11.7 Å². The first-order valence-electron chi connectivity index (χ1n) is 6.19. The quantitative estimate of drug-likeness (QED) is 0.888. The molecule has 0 bridgehead atoms. The number of aromatic nitrogens is 1. The van der Waals surface area contributed by atoms with Gasteiger partial charge in [0.05, 0.1) is 10.6 Å². The van der Waals surface area contributed by atoms with Gasteiger partial charge in [-0.1, -0.05) is 26.0 Å². The van der Waals surface area contributed by atoms with Crippen molar-refractivity contribution in [3.8, 4) is 0 Å². The molecule has 2 rings (SSSR count). The van der Waals surface area contributed by atoms with Gasteiger partial charge in [-0.15, -0.1) is 11.3 Å². The second-order valence-electron chi connectivity index (χ2n) is 4.69. The van der Waals surface area contributed by atoms with Crippen molar-refractivity contribution < 1.29 is 8.42 Å². The molecule has 0 unspecified atom stereocenters. The van der Waals surface area contributed by atoms with Gasteiger partial charge < -0.3 is 5.73 Å². The van der Waals surface area contributed by atoms with Gasteiger partial charge in [0.25, 0.3) is 10.0 Å². The number of hydrogen-bond acceptors (Lipinski definition) is 5. The Kier molecular flexibility index (Phi) is 4.42. The average molecular weight is 311 g/mol. The Morgan fingerprint density at radius 2 is 1.95 bits per heavy atom. The van der Waals surface area contributed by atoms with Crippen molar-refractivity contribution in [1.82, 2.24) is 4.98 Å². The molecule has 0 spiro atoms. The van der Waals surface area contributed by atoms with E-state index in [4.69, 9.17) is 5.73 Å². The predicted molar refractivity (Wildman–Crippen MR) is 81.3 cm³/mol. The van der Waals surface area contributed by atoms with Crippen LogP contribution < -0.4 is 10.5 Å². The summed E-state index contributed by atoms with van der Waals surface area (Å²) in [6.45, 7) is 4.41. The second-order valence-corrected chi connectivity index (χ2v) is 7.23. The molecule has 0 saturated carbocycles. The van der Waals surface area contributed by atoms with Crippen LogP contribution >= 0.6 is 11.3 Å². The molecule has 1 heterocycles. The largest absolute Gasteiger partial charge is 0.326 e. The Hall–Kier alpha value is -1.44. The zero-order valence-electron chi connectivity index (χ0n) is 11.3. The van der Waals surface area contributed by atoms with Crippen molar-refractivity contribution in [2.45, 2.75) is 31.2 Å². The van der Waals surface area contributed by atoms with E-state index in [1.54, 1.807) is 24.3 Å². The minimum absolute atomic E-state index is 0.205. The van der Waals surface area contributed by atoms with Gasteiger partial charge >= 0.3 is 0 Å². The molecule has 0 aliphatic heterocycles. The van der Waals surface area contributed by atoms with E-state index in [1.165, 1.54) is 11.3 Å². The number of nitrogens with two attached hydrogens (primary N) is 1. The van der Waals surface area contributed by atoms with Crippen molar-refractivity contribution in [3.63, 3.8) is 0 Å². The minimum atomic E-state index is -3.59. The first kappa shape index (κ1) is 15.0. The molecule has 1 aromatic heterocycles. The number of benzene rings is 1. The van der Waals surface area contributed by atoms with Gasteiger partial charge in [0.15, 0.2) is 5.13 Å². The van der Waals surface area contributed by atoms with Gasteiger partial charge in [-0.25, -0.2) is 13.4 Å². The Labute approximate surface area is 122 Å². The van der Waals surface area contributed by atoms with Crippen LogP contribution in [0.2, 0.25) is 0 Å². The predicted octanol–water partition coefficient (Wildman–Crippen LogP) is 2.53. The highest BCUT2D eigenvalue weighted by Crippen LogP contribution is 2.24. The minimum Gasteiger partial charge on any atom is -0.326 e. The summed E-state index contributed by atoms with van der Waals surface area (Å²) in [5.74, 6) is 0.272. The second kappa shape index (κ2) is 5.90. The van der Waals surface area contributed by atoms with Crippen molar-refractivity contribution in [2.24, 2.45) is 5.73 Å². The molecular formula is C13H17N3O2S2. The molecular weight excluding hydrogens is 294 g/mol. The molecule has 0 amide bonds. The highest BCUT2D eigenvalue weighted by molar-refractivity contribution is 7.93. The number of sulfonamides is 1. The highest BCUT2D eigenvalue weighted by atomic mass is 32.2. The van der Waals surface area contributed by atoms with Gasteiger partial charge in [0.1, 0.15) is 0 Å². The van der Waals surface area contributed by atoms with Crippen molar-refractivity contribution in [2.75, 3.05) is 4.72 Å². The summed E-state index contributed by atoms with van der Waals surface area (Å²) in [5, 5.41) is 2.25. The summed E-state index contributed by atoms with van der Waals surface area (Å²) in [7, 11) is -3.59. The normalized spacial score (nSPS) is 11.8. The molecule has 108 valence electrons. The van der Waals surface area contributed by atoms with Gasteiger partial charge in [-0.3, -0.25) is 4.72 Å². The summed E-state index contributed by atoms with van der Waals surface area (Å²) in [4.78, 5) is 4.47. The molecule has 0 fully saturated rings. The van der Waals surface area contributed by atoms with E-state index in [1.807, 2.05) is 19.2 Å². The maximum absolute atomic E-state index is 12.2. The van der Waals surface area contributed by atoms with Crippen LogP contribution in [0.15, 0.2) is 34.5 Å². The first-order chi connectivity index (χ1) is 9.42. The lowest BCUT2D eigenvalue weighted by Gasteiger charge is -2.06. The standard InChI is InChI=1S/C13H17N3O2S2/c1-9(2)12-8-19-13(15-12)16-20(17,18)11-5-3-10(7-14)4-6-11/h3-6,8-9H,7,14H2,1-2H3,(H,15,16). The summed E-state index contributed by atoms with van der Waals surface area (Å²) >= 11 is 1.29. The van der Waals surface area contributed by atoms with E-state index in [0.717, 1.165) is 11.3 Å². The fourth-order valence-electron chi connectivity index (χ4n) is 1.58. The molecule has 3 N–H and O–H groups in total. The first-order valence-corrected chi connectivity index (χ1v) is 8.56. The summed E-state index contributed by atoms with van der Waals surface area (Å²) in [6, 6.07) is 6.49. The van der Waals surface area contributed by atoms with Crippen LogP contribution in [0.5, 0.6) is 0 Å². The smallest absolute Gasteiger partial charge is 0.263 e. The van der Waals surface area contributed by atoms with Crippen LogP contribution in [0.25, 0.3) is 0 Å². The Morgan fingerprint density at radius 3 is 2.45 bits per heavy atom. The average Bonchev–Trinajstić information content (AvgIpc) is 2.87. The van der Waals surface area contributed by atoms with E-state index in [-0.39, 0.29) is 10.8 Å². The number of rotatable bonds is 5. The van der Waals surface area contributed by atoms with Crippen LogP contribution in [-0.2, 0) is 16.6 Å². The van der Waals surface area contributed by atoms with Crippen molar-refractivity contribution in [1.29, 1.82) is 0 Å². The Bertz CT molecular complexity index is 676. The van der Waals surface area contributed by atoms with Crippen LogP contribution in [0.4, 0.5) is 5.13 Å². The van der Waals surface area contributed by atoms with Crippen molar-refractivity contribution in [3.05, 3.63) is 40.9 Å². The van der Waals surface area contributed by atoms with E-state index in [2.05, 4.69) is 9.71 Å². The van der Waals surface area contributed by atoms with Gasteiger partial charge in [-0.2, -0.15) is 0 Å². The van der Waals surface area contributed by atoms with Gasteiger partial charge in [0, 0.05) is 11.9 Å². The molecule has 0 aliphatic rings. The van der Waals surface area contributed by atoms with Gasteiger partial charge in [0.2, 0.25) is 0 Å². The SMILES string of the molecule is CC(C)c1csc(NS(=O)(=O)c2ccc(CN)cc2)n1. The van der Waals surface area contributed by atoms with E-state index >= 15 is 0 Å². The van der Waals surface area contributed by atoms with Crippen LogP contribution in [0, 0.1) is 0 Å². The topological polar surface area (TPSA) is 85.1 Å². The molecule has 20 heavy (non-hydrogen) atoms. The van der Waals surface area contributed by atoms with Gasteiger partial charge in [-0.05, 0) is 23.6 Å². The number of hydrogen-bond donors (Lipinski definition) is 2. The maximum Gasteiger partial charge on any atom is 0.263 e. The molecule has 0 saturated heterocycles. The monoisotopic (exact) mass is 311 g/mol. The number of nitrogens with zero attached hydrogens (tertiary/aromatic N) is 1. The summed E-state index contributed by atoms with van der Waals surface area (Å²) in [5.41, 5.74) is 7.26. The lowest BCUT2D eigenvalue weighted by molar-refractivity contribution is 0.601. The molecule has 0 aliphatic carbocycles. The van der Waals surface area contributed by atoms with Crippen LogP contribution in [0.3, 0.4) is 0 Å². The third kappa shape index (κ3) is 3.36. The molecule has 2 aromatic rings. The zero-order chi connectivity index (χ0) is 14.8. The number of thiazole rings is 1. The van der Waals surface area contributed by atoms with E-state index < -0.39 is 10.0 Å². The summed E-state index contributed by atoms with van der Waals surface area (Å²) < 4.78 is 26.9. The molecule has 0 radical (unpaired) electrons. The fourth-order valence-corrected chi connectivity index (χ4v) is 3.70. The molecule has 1 aromatic carbocycles. The highest BCUT2D eigenvalue weighted by Gasteiger charge is 2.16. The third-order valence-electron chi connectivity index (χ3n) is 2.80. The van der Waals surface area contributed by atoms with E-state index in [9.17, 15) is 8.42 Å². The van der Waals surface area contributed by atoms with Crippen LogP contribution in [0.1, 0.15) is 31.0 Å². The Balaban J connectivity index is 2.21. The summed E-state index contributed by atoms with van der Waals surface area (Å²) in [6.07, 6.45) is 0. The number of nitrogens with one attached hydrogen (secondary N) is 1. The fraction of sp³-hybridized carbons (Fsp3) is 0.308. The van der Waals surface area contributed by atoms with Crippen molar-refractivity contribution >= 4 is 26.5 Å². The Morgan fingerprint density at radius 1 is 1.30 bits per heavy atom. The number of anilines is 1.